The molecule has 2 aliphatic heterocycles. The number of hydrogen-bond acceptors (Lipinski definition) is 3. The maximum Gasteiger partial charge on any atom is 0.0480 e. The van der Waals surface area contributed by atoms with E-state index < -0.39 is 0 Å². The van der Waals surface area contributed by atoms with Gasteiger partial charge in [0.15, 0.2) is 0 Å². The van der Waals surface area contributed by atoms with Gasteiger partial charge in [0.2, 0.25) is 0 Å². The van der Waals surface area contributed by atoms with Crippen LogP contribution >= 0.6 is 0 Å². The van der Waals surface area contributed by atoms with Crippen LogP contribution in [0.3, 0.4) is 0 Å². The first-order valence-corrected chi connectivity index (χ1v) is 10.1. The van der Waals surface area contributed by atoms with Crippen molar-refractivity contribution in [3.63, 3.8) is 0 Å². The lowest BCUT2D eigenvalue weighted by molar-refractivity contribution is 0.00776. The molecule has 4 rings (SSSR count). The summed E-state index contributed by atoms with van der Waals surface area (Å²) >= 11 is 0. The summed E-state index contributed by atoms with van der Waals surface area (Å²) in [6.07, 6.45) is 4.90. The summed E-state index contributed by atoms with van der Waals surface area (Å²) in [5.74, 6) is 0. The van der Waals surface area contributed by atoms with E-state index in [-0.39, 0.29) is 0 Å². The highest BCUT2D eigenvalue weighted by atomic mass is 16.5. The second kappa shape index (κ2) is 8.81. The lowest BCUT2D eigenvalue weighted by Crippen LogP contribution is -2.51. The van der Waals surface area contributed by atoms with Gasteiger partial charge in [0, 0.05) is 38.4 Å². The molecule has 2 aliphatic rings. The highest BCUT2D eigenvalue weighted by Crippen LogP contribution is 2.28. The van der Waals surface area contributed by atoms with Gasteiger partial charge in [-0.05, 0) is 48.9 Å². The smallest absolute Gasteiger partial charge is 0.0480 e. The molecular formula is C23H30N2O. The minimum Gasteiger partial charge on any atom is -0.381 e. The first-order chi connectivity index (χ1) is 12.9. The van der Waals surface area contributed by atoms with Gasteiger partial charge in [0.25, 0.3) is 0 Å². The van der Waals surface area contributed by atoms with E-state index in [2.05, 4.69) is 64.8 Å². The average Bonchev–Trinajstić information content (AvgIpc) is 2.74. The first kappa shape index (κ1) is 17.7. The second-order valence-electron chi connectivity index (χ2n) is 7.54. The fourth-order valence-electron chi connectivity index (χ4n) is 4.44. The van der Waals surface area contributed by atoms with Crippen molar-refractivity contribution >= 4 is 0 Å². The lowest BCUT2D eigenvalue weighted by Gasteiger charge is -2.42. The van der Waals surface area contributed by atoms with Crippen molar-refractivity contribution in [1.82, 2.24) is 10.2 Å². The summed E-state index contributed by atoms with van der Waals surface area (Å²) in [6.45, 7) is 5.12. The van der Waals surface area contributed by atoms with Crippen LogP contribution in [0.15, 0.2) is 54.6 Å². The molecule has 0 saturated carbocycles. The molecule has 3 heteroatoms. The van der Waals surface area contributed by atoms with E-state index in [0.717, 1.165) is 39.1 Å². The van der Waals surface area contributed by atoms with Crippen LogP contribution in [-0.2, 0) is 11.3 Å². The Morgan fingerprint density at radius 1 is 0.885 bits per heavy atom. The Morgan fingerprint density at radius 3 is 2.42 bits per heavy atom. The van der Waals surface area contributed by atoms with Crippen molar-refractivity contribution in [2.24, 2.45) is 0 Å². The van der Waals surface area contributed by atoms with Gasteiger partial charge < -0.3 is 10.1 Å². The Labute approximate surface area is 157 Å². The number of nitrogens with zero attached hydrogens (tertiary/aromatic N) is 1. The molecule has 1 N–H and O–H groups in total. The SMILES string of the molecule is c1ccc(-c2ccccc2CN(C2CCOCC2)C2CCCNC2)cc1. The minimum absolute atomic E-state index is 0.635. The fourth-order valence-corrected chi connectivity index (χ4v) is 4.44. The Kier molecular flexibility index (Phi) is 6.00. The molecule has 0 bridgehead atoms. The Bertz CT molecular complexity index is 658. The largest absolute Gasteiger partial charge is 0.381 e. The van der Waals surface area contributed by atoms with Gasteiger partial charge in [-0.3, -0.25) is 4.90 Å². The van der Waals surface area contributed by atoms with Crippen LogP contribution < -0.4 is 5.32 Å². The minimum atomic E-state index is 0.635. The molecule has 26 heavy (non-hydrogen) atoms. The van der Waals surface area contributed by atoms with Crippen LogP contribution in [0.2, 0.25) is 0 Å². The van der Waals surface area contributed by atoms with Crippen LogP contribution in [0.4, 0.5) is 0 Å². The number of nitrogens with one attached hydrogen (secondary N) is 1. The summed E-state index contributed by atoms with van der Waals surface area (Å²) in [4.78, 5) is 2.77. The van der Waals surface area contributed by atoms with E-state index in [1.165, 1.54) is 36.1 Å². The molecule has 0 amide bonds. The quantitative estimate of drug-likeness (QED) is 0.879. The molecule has 3 nitrogen and oxygen atoms in total. The zero-order valence-electron chi connectivity index (χ0n) is 15.6. The maximum atomic E-state index is 5.64. The van der Waals surface area contributed by atoms with Gasteiger partial charge in [0.05, 0.1) is 0 Å². The maximum absolute atomic E-state index is 5.64. The Morgan fingerprint density at radius 2 is 1.65 bits per heavy atom. The zero-order chi connectivity index (χ0) is 17.6. The highest BCUT2D eigenvalue weighted by molar-refractivity contribution is 5.67. The Balaban J connectivity index is 1.61. The third kappa shape index (κ3) is 4.17. The predicted molar refractivity (Wildman–Crippen MR) is 107 cm³/mol. The number of rotatable bonds is 5. The van der Waals surface area contributed by atoms with Crippen molar-refractivity contribution in [1.29, 1.82) is 0 Å². The third-order valence-corrected chi connectivity index (χ3v) is 5.85. The van der Waals surface area contributed by atoms with Crippen LogP contribution in [0.5, 0.6) is 0 Å². The van der Waals surface area contributed by atoms with Gasteiger partial charge in [-0.25, -0.2) is 0 Å². The van der Waals surface area contributed by atoms with Crippen molar-refractivity contribution in [3.8, 4) is 11.1 Å². The number of hydrogen-bond donors (Lipinski definition) is 1. The molecule has 0 spiro atoms. The normalized spacial score (nSPS) is 21.8. The van der Waals surface area contributed by atoms with E-state index in [4.69, 9.17) is 4.74 Å². The van der Waals surface area contributed by atoms with Crippen LogP contribution in [0.25, 0.3) is 11.1 Å². The van der Waals surface area contributed by atoms with Crippen LogP contribution in [0.1, 0.15) is 31.2 Å². The van der Waals surface area contributed by atoms with Crippen molar-refractivity contribution in [2.75, 3.05) is 26.3 Å². The fraction of sp³-hybridized carbons (Fsp3) is 0.478. The van der Waals surface area contributed by atoms with Gasteiger partial charge in [-0.2, -0.15) is 0 Å². The van der Waals surface area contributed by atoms with E-state index in [1.54, 1.807) is 0 Å². The molecular weight excluding hydrogens is 320 g/mol. The molecule has 2 heterocycles. The van der Waals surface area contributed by atoms with Crippen molar-refractivity contribution in [3.05, 3.63) is 60.2 Å². The van der Waals surface area contributed by atoms with E-state index in [1.807, 2.05) is 0 Å². The molecule has 1 unspecified atom stereocenters. The van der Waals surface area contributed by atoms with E-state index >= 15 is 0 Å². The second-order valence-corrected chi connectivity index (χ2v) is 7.54. The van der Waals surface area contributed by atoms with Crippen molar-refractivity contribution in [2.45, 2.75) is 44.3 Å². The summed E-state index contributed by atoms with van der Waals surface area (Å²) in [6, 6.07) is 21.0. The number of ether oxygens (including phenoxy) is 1. The number of piperidine rings is 1. The first-order valence-electron chi connectivity index (χ1n) is 10.1. The summed E-state index contributed by atoms with van der Waals surface area (Å²) in [5, 5.41) is 3.61. The summed E-state index contributed by atoms with van der Waals surface area (Å²) in [5.41, 5.74) is 4.13. The zero-order valence-corrected chi connectivity index (χ0v) is 15.6. The van der Waals surface area contributed by atoms with E-state index in [9.17, 15) is 0 Å². The molecule has 0 aromatic heterocycles. The molecule has 2 aromatic rings. The average molecular weight is 351 g/mol. The molecule has 138 valence electrons. The molecule has 2 fully saturated rings. The van der Waals surface area contributed by atoms with Crippen molar-refractivity contribution < 1.29 is 4.74 Å². The summed E-state index contributed by atoms with van der Waals surface area (Å²) in [7, 11) is 0. The topological polar surface area (TPSA) is 24.5 Å². The molecule has 2 aromatic carbocycles. The predicted octanol–water partition coefficient (Wildman–Crippen LogP) is 4.09. The molecule has 0 radical (unpaired) electrons. The summed E-state index contributed by atoms with van der Waals surface area (Å²) < 4.78 is 5.64. The van der Waals surface area contributed by atoms with E-state index in [0.29, 0.717) is 12.1 Å². The Hall–Kier alpha value is -1.68. The molecule has 1 atom stereocenters. The lowest BCUT2D eigenvalue weighted by atomic mass is 9.95. The molecule has 0 aliphatic carbocycles. The van der Waals surface area contributed by atoms with Crippen LogP contribution in [-0.4, -0.2) is 43.3 Å². The standard InChI is InChI=1S/C23H30N2O/c1-2-7-19(8-3-1)23-11-5-4-9-20(23)18-25(21-12-15-26-16-13-21)22-10-6-14-24-17-22/h1-5,7-9,11,21-22,24H,6,10,12-18H2. The van der Waals surface area contributed by atoms with Gasteiger partial charge >= 0.3 is 0 Å². The van der Waals surface area contributed by atoms with Crippen LogP contribution in [0, 0.1) is 0 Å². The number of benzene rings is 2. The van der Waals surface area contributed by atoms with Gasteiger partial charge in [-0.15, -0.1) is 0 Å². The third-order valence-electron chi connectivity index (χ3n) is 5.85. The highest BCUT2D eigenvalue weighted by Gasteiger charge is 2.29. The van der Waals surface area contributed by atoms with Gasteiger partial charge in [-0.1, -0.05) is 54.6 Å². The molecule has 2 saturated heterocycles. The monoisotopic (exact) mass is 350 g/mol. The van der Waals surface area contributed by atoms with Gasteiger partial charge in [0.1, 0.15) is 0 Å².